The Balaban J connectivity index is 2.02. The van der Waals surface area contributed by atoms with E-state index in [4.69, 9.17) is 12.2 Å². The van der Waals surface area contributed by atoms with Crippen LogP contribution in [-0.2, 0) is 16.6 Å². The summed E-state index contributed by atoms with van der Waals surface area (Å²) < 4.78 is 1.98. The highest BCUT2D eigenvalue weighted by molar-refractivity contribution is 7.80. The van der Waals surface area contributed by atoms with Crippen LogP contribution in [0.3, 0.4) is 0 Å². The van der Waals surface area contributed by atoms with Gasteiger partial charge in [0.2, 0.25) is 0 Å². The number of rotatable bonds is 4. The third kappa shape index (κ3) is 2.85. The summed E-state index contributed by atoms with van der Waals surface area (Å²) >= 11 is 5.14. The van der Waals surface area contributed by atoms with Crippen molar-refractivity contribution in [2.24, 2.45) is 7.05 Å². The van der Waals surface area contributed by atoms with Gasteiger partial charge in [-0.1, -0.05) is 31.5 Å². The molecular formula is C18H19N3O2S. The minimum Gasteiger partial charge on any atom is -0.350 e. The fraction of sp³-hybridized carbons (Fsp3) is 0.278. The van der Waals surface area contributed by atoms with Crippen LogP contribution in [0.25, 0.3) is 17.0 Å². The number of nitrogens with zero attached hydrogens (tertiary/aromatic N) is 2. The first kappa shape index (κ1) is 16.4. The number of fused-ring (bicyclic) bond motifs is 1. The number of amides is 2. The summed E-state index contributed by atoms with van der Waals surface area (Å²) in [6.45, 7) is 2.56. The van der Waals surface area contributed by atoms with E-state index in [1.54, 1.807) is 6.08 Å². The fourth-order valence-corrected chi connectivity index (χ4v) is 3.12. The molecule has 3 rings (SSSR count). The predicted molar refractivity (Wildman–Crippen MR) is 98.3 cm³/mol. The second-order valence-corrected chi connectivity index (χ2v) is 6.23. The Bertz CT molecular complexity index is 866. The Morgan fingerprint density at radius 1 is 1.25 bits per heavy atom. The van der Waals surface area contributed by atoms with Crippen molar-refractivity contribution in [2.75, 3.05) is 6.54 Å². The number of unbranched alkanes of at least 4 members (excludes halogenated alkanes) is 1. The molecule has 0 spiro atoms. The molecule has 1 aromatic carbocycles. The second-order valence-electron chi connectivity index (χ2n) is 5.84. The van der Waals surface area contributed by atoms with Crippen LogP contribution in [0.1, 0.15) is 25.3 Å². The SMILES string of the molecule is CCCCN1C(=O)C(=Cc2cn(C)c3ccccc23)C(=O)NC1=S. The topological polar surface area (TPSA) is 54.3 Å². The quantitative estimate of drug-likeness (QED) is 0.528. The van der Waals surface area contributed by atoms with Crippen LogP contribution < -0.4 is 5.32 Å². The lowest BCUT2D eigenvalue weighted by molar-refractivity contribution is -0.128. The zero-order valence-electron chi connectivity index (χ0n) is 13.7. The van der Waals surface area contributed by atoms with Gasteiger partial charge in [-0.25, -0.2) is 0 Å². The highest BCUT2D eigenvalue weighted by Gasteiger charge is 2.33. The van der Waals surface area contributed by atoms with E-state index in [1.165, 1.54) is 4.90 Å². The van der Waals surface area contributed by atoms with Crippen molar-refractivity contribution in [3.05, 3.63) is 41.6 Å². The fourth-order valence-electron chi connectivity index (χ4n) is 2.86. The van der Waals surface area contributed by atoms with Crippen molar-refractivity contribution in [1.82, 2.24) is 14.8 Å². The molecule has 5 nitrogen and oxygen atoms in total. The summed E-state index contributed by atoms with van der Waals surface area (Å²) in [4.78, 5) is 26.4. The molecule has 6 heteroatoms. The summed E-state index contributed by atoms with van der Waals surface area (Å²) in [6.07, 6.45) is 5.36. The van der Waals surface area contributed by atoms with Gasteiger partial charge >= 0.3 is 0 Å². The van der Waals surface area contributed by atoms with Gasteiger partial charge in [0.15, 0.2) is 5.11 Å². The number of aromatic nitrogens is 1. The predicted octanol–water partition coefficient (Wildman–Crippen LogP) is 2.61. The molecule has 2 heterocycles. The molecule has 0 bridgehead atoms. The van der Waals surface area contributed by atoms with Crippen molar-refractivity contribution >= 4 is 46.1 Å². The average Bonchev–Trinajstić information content (AvgIpc) is 2.88. The second kappa shape index (κ2) is 6.57. The molecule has 1 N–H and O–H groups in total. The number of para-hydroxylation sites is 1. The highest BCUT2D eigenvalue weighted by Crippen LogP contribution is 2.24. The maximum absolute atomic E-state index is 12.7. The molecule has 0 aliphatic carbocycles. The molecule has 2 amide bonds. The van der Waals surface area contributed by atoms with Gasteiger partial charge in [0, 0.05) is 36.3 Å². The molecular weight excluding hydrogens is 322 g/mol. The molecule has 24 heavy (non-hydrogen) atoms. The Morgan fingerprint density at radius 2 is 2.00 bits per heavy atom. The van der Waals surface area contributed by atoms with E-state index in [9.17, 15) is 9.59 Å². The lowest BCUT2D eigenvalue weighted by atomic mass is 10.1. The first-order valence-electron chi connectivity index (χ1n) is 7.96. The van der Waals surface area contributed by atoms with Gasteiger partial charge < -0.3 is 4.57 Å². The Labute approximate surface area is 145 Å². The Kier molecular flexibility index (Phi) is 4.49. The van der Waals surface area contributed by atoms with Crippen LogP contribution >= 0.6 is 12.2 Å². The number of carbonyl (C=O) groups excluding carboxylic acids is 2. The maximum atomic E-state index is 12.7. The van der Waals surface area contributed by atoms with Crippen molar-refractivity contribution in [3.8, 4) is 0 Å². The molecule has 0 unspecified atom stereocenters. The third-order valence-corrected chi connectivity index (χ3v) is 4.47. The van der Waals surface area contributed by atoms with Crippen LogP contribution in [0.2, 0.25) is 0 Å². The van der Waals surface area contributed by atoms with E-state index in [0.717, 1.165) is 29.3 Å². The first-order valence-corrected chi connectivity index (χ1v) is 8.36. The Morgan fingerprint density at radius 3 is 2.75 bits per heavy atom. The van der Waals surface area contributed by atoms with Crippen molar-refractivity contribution in [1.29, 1.82) is 0 Å². The number of hydrogen-bond acceptors (Lipinski definition) is 3. The zero-order valence-corrected chi connectivity index (χ0v) is 14.5. The molecule has 0 saturated carbocycles. The number of benzene rings is 1. The molecule has 1 saturated heterocycles. The van der Waals surface area contributed by atoms with Gasteiger partial charge in [-0.3, -0.25) is 19.8 Å². The lowest BCUT2D eigenvalue weighted by Crippen LogP contribution is -2.54. The number of aryl methyl sites for hydroxylation is 1. The van der Waals surface area contributed by atoms with Crippen molar-refractivity contribution in [2.45, 2.75) is 19.8 Å². The van der Waals surface area contributed by atoms with Crippen LogP contribution in [0.5, 0.6) is 0 Å². The number of thiocarbonyl (C=S) groups is 1. The minimum absolute atomic E-state index is 0.121. The van der Waals surface area contributed by atoms with Crippen LogP contribution in [0.4, 0.5) is 0 Å². The monoisotopic (exact) mass is 341 g/mol. The number of nitrogens with one attached hydrogen (secondary N) is 1. The van der Waals surface area contributed by atoms with Crippen molar-refractivity contribution < 1.29 is 9.59 Å². The van der Waals surface area contributed by atoms with Crippen LogP contribution in [-0.4, -0.2) is 32.9 Å². The smallest absolute Gasteiger partial charge is 0.265 e. The summed E-state index contributed by atoms with van der Waals surface area (Å²) in [7, 11) is 1.94. The first-order chi connectivity index (χ1) is 11.5. The molecule has 0 radical (unpaired) electrons. The van der Waals surface area contributed by atoms with Gasteiger partial charge in [-0.05, 0) is 30.8 Å². The lowest BCUT2D eigenvalue weighted by Gasteiger charge is -2.28. The summed E-state index contributed by atoms with van der Waals surface area (Å²) in [5.74, 6) is -0.768. The van der Waals surface area contributed by atoms with Gasteiger partial charge in [-0.15, -0.1) is 0 Å². The molecule has 1 aliphatic rings. The van der Waals surface area contributed by atoms with E-state index in [1.807, 2.05) is 49.0 Å². The Hall–Kier alpha value is -2.47. The van der Waals surface area contributed by atoms with Gasteiger partial charge in [0.1, 0.15) is 5.57 Å². The average molecular weight is 341 g/mol. The normalized spacial score (nSPS) is 17.0. The van der Waals surface area contributed by atoms with Gasteiger partial charge in [-0.2, -0.15) is 0 Å². The minimum atomic E-state index is -0.439. The largest absolute Gasteiger partial charge is 0.350 e. The molecule has 1 aliphatic heterocycles. The van der Waals surface area contributed by atoms with E-state index >= 15 is 0 Å². The number of hydrogen-bond donors (Lipinski definition) is 1. The van der Waals surface area contributed by atoms with E-state index in [-0.39, 0.29) is 16.6 Å². The highest BCUT2D eigenvalue weighted by atomic mass is 32.1. The number of carbonyl (C=O) groups is 2. The molecule has 0 atom stereocenters. The van der Waals surface area contributed by atoms with Crippen LogP contribution in [0, 0.1) is 0 Å². The summed E-state index contributed by atoms with van der Waals surface area (Å²) in [5, 5.41) is 3.81. The van der Waals surface area contributed by atoms with E-state index in [0.29, 0.717) is 6.54 Å². The van der Waals surface area contributed by atoms with Crippen molar-refractivity contribution in [3.63, 3.8) is 0 Å². The molecule has 124 valence electrons. The molecule has 1 fully saturated rings. The van der Waals surface area contributed by atoms with E-state index < -0.39 is 5.91 Å². The standard InChI is InChI=1S/C18H19N3O2S/c1-3-4-9-21-17(23)14(16(22)19-18(21)24)10-12-11-20(2)15-8-6-5-7-13(12)15/h5-8,10-11H,3-4,9H2,1-2H3,(H,19,22,24). The molecule has 1 aromatic heterocycles. The van der Waals surface area contributed by atoms with Crippen LogP contribution in [0.15, 0.2) is 36.0 Å². The summed E-state index contributed by atoms with van der Waals surface area (Å²) in [5.41, 5.74) is 2.01. The summed E-state index contributed by atoms with van der Waals surface area (Å²) in [6, 6.07) is 7.88. The van der Waals surface area contributed by atoms with Gasteiger partial charge in [0.25, 0.3) is 11.8 Å². The maximum Gasteiger partial charge on any atom is 0.265 e. The third-order valence-electron chi connectivity index (χ3n) is 4.15. The van der Waals surface area contributed by atoms with Gasteiger partial charge in [0.05, 0.1) is 0 Å². The molecule has 2 aromatic rings. The van der Waals surface area contributed by atoms with E-state index in [2.05, 4.69) is 5.32 Å². The zero-order chi connectivity index (χ0) is 17.3.